The van der Waals surface area contributed by atoms with Gasteiger partial charge in [-0.1, -0.05) is 43.3 Å². The molecule has 1 amide bonds. The Morgan fingerprint density at radius 1 is 0.966 bits per heavy atom. The molecule has 2 aromatic rings. The van der Waals surface area contributed by atoms with Crippen molar-refractivity contribution in [3.05, 3.63) is 65.2 Å². The van der Waals surface area contributed by atoms with Crippen LogP contribution >= 0.6 is 0 Å². The van der Waals surface area contributed by atoms with Crippen molar-refractivity contribution in [2.45, 2.75) is 51.7 Å². The van der Waals surface area contributed by atoms with Crippen molar-refractivity contribution in [1.29, 1.82) is 0 Å². The Morgan fingerprint density at radius 3 is 2.41 bits per heavy atom. The van der Waals surface area contributed by atoms with E-state index in [2.05, 4.69) is 41.3 Å². The zero-order valence-corrected chi connectivity index (χ0v) is 17.5. The summed E-state index contributed by atoms with van der Waals surface area (Å²) < 4.78 is 6.16. The van der Waals surface area contributed by atoms with Gasteiger partial charge in [0, 0.05) is 32.7 Å². The second kappa shape index (κ2) is 9.45. The first-order valence-corrected chi connectivity index (χ1v) is 11.1. The molecule has 4 rings (SSSR count). The van der Waals surface area contributed by atoms with E-state index in [1.807, 2.05) is 24.0 Å². The van der Waals surface area contributed by atoms with E-state index in [1.54, 1.807) is 0 Å². The molecule has 154 valence electrons. The predicted octanol–water partition coefficient (Wildman–Crippen LogP) is 4.07. The fraction of sp³-hybridized carbons (Fsp3) is 0.480. The zero-order chi connectivity index (χ0) is 20.1. The number of amides is 1. The van der Waals surface area contributed by atoms with Gasteiger partial charge in [-0.05, 0) is 60.9 Å². The van der Waals surface area contributed by atoms with E-state index < -0.39 is 6.10 Å². The molecule has 29 heavy (non-hydrogen) atoms. The van der Waals surface area contributed by atoms with Crippen LogP contribution in [0, 0.1) is 0 Å². The molecule has 4 nitrogen and oxygen atoms in total. The molecule has 2 aliphatic rings. The van der Waals surface area contributed by atoms with Gasteiger partial charge in [0.05, 0.1) is 0 Å². The number of rotatable bonds is 6. The van der Waals surface area contributed by atoms with E-state index in [0.29, 0.717) is 6.42 Å². The van der Waals surface area contributed by atoms with Gasteiger partial charge in [0.25, 0.3) is 5.91 Å². The average molecular weight is 393 g/mol. The van der Waals surface area contributed by atoms with Crippen LogP contribution in [0.1, 0.15) is 42.9 Å². The van der Waals surface area contributed by atoms with Crippen LogP contribution in [0.25, 0.3) is 0 Å². The second-order valence-electron chi connectivity index (χ2n) is 8.24. The van der Waals surface area contributed by atoms with E-state index in [4.69, 9.17) is 4.74 Å². The summed E-state index contributed by atoms with van der Waals surface area (Å²) in [6.07, 6.45) is 5.12. The Bertz CT molecular complexity index is 813. The van der Waals surface area contributed by atoms with Crippen molar-refractivity contribution in [2.75, 3.05) is 26.2 Å². The van der Waals surface area contributed by atoms with Crippen molar-refractivity contribution >= 4 is 5.91 Å². The van der Waals surface area contributed by atoms with Crippen molar-refractivity contribution in [2.24, 2.45) is 0 Å². The predicted molar refractivity (Wildman–Crippen MR) is 116 cm³/mol. The van der Waals surface area contributed by atoms with Gasteiger partial charge in [-0.2, -0.15) is 0 Å². The molecular weight excluding hydrogens is 360 g/mol. The average Bonchev–Trinajstić information content (AvgIpc) is 2.78. The fourth-order valence-corrected chi connectivity index (χ4v) is 4.43. The van der Waals surface area contributed by atoms with Crippen LogP contribution in [-0.2, 0) is 24.2 Å². The Kier molecular flexibility index (Phi) is 6.50. The van der Waals surface area contributed by atoms with Crippen molar-refractivity contribution in [3.8, 4) is 5.75 Å². The molecule has 0 spiro atoms. The number of carbonyl (C=O) groups excluding carboxylic acids is 1. The quantitative estimate of drug-likeness (QED) is 0.743. The van der Waals surface area contributed by atoms with E-state index in [1.165, 1.54) is 36.0 Å². The highest BCUT2D eigenvalue weighted by atomic mass is 16.5. The first kappa shape index (κ1) is 20.0. The maximum absolute atomic E-state index is 13.1. The van der Waals surface area contributed by atoms with Gasteiger partial charge in [-0.25, -0.2) is 0 Å². The fourth-order valence-electron chi connectivity index (χ4n) is 4.43. The zero-order valence-electron chi connectivity index (χ0n) is 17.5. The number of ether oxygens (including phenoxy) is 1. The van der Waals surface area contributed by atoms with Crippen LogP contribution < -0.4 is 4.74 Å². The molecule has 2 aromatic carbocycles. The minimum Gasteiger partial charge on any atom is -0.481 e. The van der Waals surface area contributed by atoms with E-state index in [-0.39, 0.29) is 5.91 Å². The van der Waals surface area contributed by atoms with Crippen LogP contribution in [0.15, 0.2) is 48.5 Å². The summed E-state index contributed by atoms with van der Waals surface area (Å²) in [5, 5.41) is 0. The lowest BCUT2D eigenvalue weighted by molar-refractivity contribution is -0.140. The summed E-state index contributed by atoms with van der Waals surface area (Å²) in [6.45, 7) is 6.36. The minimum atomic E-state index is -0.391. The molecule has 0 unspecified atom stereocenters. The van der Waals surface area contributed by atoms with Gasteiger partial charge in [0.1, 0.15) is 5.75 Å². The van der Waals surface area contributed by atoms with Crippen molar-refractivity contribution in [3.63, 3.8) is 0 Å². The SMILES string of the molecule is CC[C@@H](Oc1ccc2c(c1)CCCC2)C(=O)N1CCN(Cc2ccccc2)CC1. The lowest BCUT2D eigenvalue weighted by atomic mass is 9.92. The highest BCUT2D eigenvalue weighted by Crippen LogP contribution is 2.26. The van der Waals surface area contributed by atoms with Crippen LogP contribution in [0.5, 0.6) is 5.75 Å². The van der Waals surface area contributed by atoms with E-state index in [9.17, 15) is 4.79 Å². The lowest BCUT2D eigenvalue weighted by Crippen LogP contribution is -2.52. The van der Waals surface area contributed by atoms with Gasteiger partial charge in [-0.3, -0.25) is 9.69 Å². The topological polar surface area (TPSA) is 32.8 Å². The molecule has 1 aliphatic carbocycles. The lowest BCUT2D eigenvalue weighted by Gasteiger charge is -2.36. The smallest absolute Gasteiger partial charge is 0.263 e. The van der Waals surface area contributed by atoms with Crippen molar-refractivity contribution in [1.82, 2.24) is 9.80 Å². The van der Waals surface area contributed by atoms with Crippen LogP contribution in [0.3, 0.4) is 0 Å². The summed E-state index contributed by atoms with van der Waals surface area (Å²) >= 11 is 0. The normalized spacial score (nSPS) is 18.2. The summed E-state index contributed by atoms with van der Waals surface area (Å²) in [7, 11) is 0. The van der Waals surface area contributed by atoms with Gasteiger partial charge >= 0.3 is 0 Å². The molecular formula is C25H32N2O2. The second-order valence-corrected chi connectivity index (χ2v) is 8.24. The maximum Gasteiger partial charge on any atom is 0.263 e. The minimum absolute atomic E-state index is 0.129. The number of hydrogen-bond donors (Lipinski definition) is 0. The number of carbonyl (C=O) groups is 1. The number of nitrogens with zero attached hydrogens (tertiary/aromatic N) is 2. The highest BCUT2D eigenvalue weighted by molar-refractivity contribution is 5.81. The standard InChI is InChI=1S/C25H32N2O2/c1-2-24(29-23-13-12-21-10-6-7-11-22(21)18-23)25(28)27-16-14-26(15-17-27)19-20-8-4-3-5-9-20/h3-5,8-9,12-13,18,24H,2,6-7,10-11,14-17,19H2,1H3/t24-/m1/s1. The molecule has 0 aromatic heterocycles. The third kappa shape index (κ3) is 4.99. The summed E-state index contributed by atoms with van der Waals surface area (Å²) in [5.41, 5.74) is 4.16. The largest absolute Gasteiger partial charge is 0.481 e. The molecule has 1 fully saturated rings. The Morgan fingerprint density at radius 2 is 1.69 bits per heavy atom. The van der Waals surface area contributed by atoms with Crippen LogP contribution in [-0.4, -0.2) is 48.0 Å². The summed E-state index contributed by atoms with van der Waals surface area (Å²) in [6, 6.07) is 16.9. The number of aryl methyl sites for hydroxylation is 2. The number of hydrogen-bond acceptors (Lipinski definition) is 3. The molecule has 1 saturated heterocycles. The monoisotopic (exact) mass is 392 g/mol. The van der Waals surface area contributed by atoms with Crippen LogP contribution in [0.4, 0.5) is 0 Å². The third-order valence-electron chi connectivity index (χ3n) is 6.18. The molecule has 1 heterocycles. The molecule has 0 saturated carbocycles. The highest BCUT2D eigenvalue weighted by Gasteiger charge is 2.28. The van der Waals surface area contributed by atoms with Gasteiger partial charge < -0.3 is 9.64 Å². The van der Waals surface area contributed by atoms with Gasteiger partial charge in [-0.15, -0.1) is 0 Å². The third-order valence-corrected chi connectivity index (χ3v) is 6.18. The first-order chi connectivity index (χ1) is 14.2. The molecule has 0 radical (unpaired) electrons. The molecule has 0 bridgehead atoms. The van der Waals surface area contributed by atoms with Gasteiger partial charge in [0.15, 0.2) is 6.10 Å². The van der Waals surface area contributed by atoms with Crippen molar-refractivity contribution < 1.29 is 9.53 Å². The first-order valence-electron chi connectivity index (χ1n) is 11.1. The van der Waals surface area contributed by atoms with Crippen LogP contribution in [0.2, 0.25) is 0 Å². The summed E-state index contributed by atoms with van der Waals surface area (Å²) in [4.78, 5) is 17.5. The molecule has 4 heteroatoms. The summed E-state index contributed by atoms with van der Waals surface area (Å²) in [5.74, 6) is 0.971. The number of fused-ring (bicyclic) bond motifs is 1. The Labute approximate surface area is 174 Å². The Balaban J connectivity index is 1.32. The maximum atomic E-state index is 13.1. The van der Waals surface area contributed by atoms with E-state index >= 15 is 0 Å². The van der Waals surface area contributed by atoms with Gasteiger partial charge in [0.2, 0.25) is 0 Å². The Hall–Kier alpha value is -2.33. The molecule has 0 N–H and O–H groups in total. The molecule has 1 aliphatic heterocycles. The number of piperazine rings is 1. The van der Waals surface area contributed by atoms with E-state index in [0.717, 1.165) is 44.9 Å². The number of benzene rings is 2. The molecule has 1 atom stereocenters.